The van der Waals surface area contributed by atoms with Gasteiger partial charge in [0.15, 0.2) is 11.3 Å². The molecule has 1 aliphatic carbocycles. The first-order chi connectivity index (χ1) is 9.54. The number of fused-ring (bicyclic) bond motifs is 3. The van der Waals surface area contributed by atoms with Crippen LogP contribution in [-0.4, -0.2) is 27.8 Å². The Kier molecular flexibility index (Phi) is 2.56. The highest BCUT2D eigenvalue weighted by atomic mass is 32.1. The molecule has 2 bridgehead atoms. The van der Waals surface area contributed by atoms with Crippen LogP contribution in [0, 0.1) is 22.7 Å². The monoisotopic (exact) mass is 322 g/mol. The van der Waals surface area contributed by atoms with E-state index in [0.717, 1.165) is 0 Å². The minimum Gasteiger partial charge on any atom is -0.298 e. The summed E-state index contributed by atoms with van der Waals surface area (Å²) < 4.78 is 0. The van der Waals surface area contributed by atoms with Crippen LogP contribution in [-0.2, 0) is 9.59 Å². The zero-order valence-corrected chi connectivity index (χ0v) is 15.5. The van der Waals surface area contributed by atoms with E-state index in [4.69, 9.17) is 0 Å². The third kappa shape index (κ3) is 1.39. The number of allylic oxidation sites excluding steroid dienone is 2. The molecule has 2 saturated heterocycles. The van der Waals surface area contributed by atoms with Gasteiger partial charge in [0.05, 0.1) is 11.3 Å². The lowest BCUT2D eigenvalue weighted by Crippen LogP contribution is -2.38. The van der Waals surface area contributed by atoms with Crippen molar-refractivity contribution in [2.24, 2.45) is 22.7 Å². The van der Waals surface area contributed by atoms with Crippen molar-refractivity contribution in [3.8, 4) is 0 Å². The smallest absolute Gasteiger partial charge is 0.164 e. The van der Waals surface area contributed by atoms with Crippen molar-refractivity contribution < 1.29 is 9.59 Å². The van der Waals surface area contributed by atoms with Gasteiger partial charge in [0.25, 0.3) is 0 Å². The van der Waals surface area contributed by atoms with Crippen LogP contribution in [0.25, 0.3) is 0 Å². The first kappa shape index (κ1) is 14.5. The topological polar surface area (TPSA) is 34.1 Å². The Labute approximate surface area is 129 Å². The second kappa shape index (κ2) is 3.70. The number of carbonyl (C=O) groups excluding carboxylic acids is 2. The van der Waals surface area contributed by atoms with Crippen molar-refractivity contribution in [3.05, 3.63) is 12.2 Å². The second-order valence-electron chi connectivity index (χ2n) is 9.05. The maximum absolute atomic E-state index is 13.1. The third-order valence-corrected chi connectivity index (χ3v) is 16.0. The summed E-state index contributed by atoms with van der Waals surface area (Å²) in [5.74, 6) is 1.50. The summed E-state index contributed by atoms with van der Waals surface area (Å²) in [5.41, 5.74) is 0.534. The van der Waals surface area contributed by atoms with E-state index in [2.05, 4.69) is 32.9 Å². The number of carbonyl (C=O) groups is 2. The van der Waals surface area contributed by atoms with Crippen LogP contribution < -0.4 is 0 Å². The van der Waals surface area contributed by atoms with Crippen LogP contribution in [0.15, 0.2) is 12.2 Å². The average molecular weight is 322 g/mol. The van der Waals surface area contributed by atoms with Gasteiger partial charge in [0.2, 0.25) is 0 Å². The minimum atomic E-state index is -0.737. The van der Waals surface area contributed by atoms with Gasteiger partial charge < -0.3 is 0 Å². The molecule has 4 aliphatic rings. The van der Waals surface area contributed by atoms with Gasteiger partial charge in [-0.25, -0.2) is 0 Å². The molecule has 7 atom stereocenters. The van der Waals surface area contributed by atoms with Crippen molar-refractivity contribution in [2.75, 3.05) is 0 Å². The Morgan fingerprint density at radius 1 is 1.14 bits per heavy atom. The molecule has 3 heterocycles. The van der Waals surface area contributed by atoms with E-state index in [-0.39, 0.29) is 22.1 Å². The Morgan fingerprint density at radius 2 is 1.76 bits per heavy atom. The fourth-order valence-corrected chi connectivity index (χ4v) is 18.7. The number of rotatable bonds is 1. The van der Waals surface area contributed by atoms with Gasteiger partial charge in [0.1, 0.15) is 0 Å². The molecular weight excluding hydrogens is 298 g/mol. The molecule has 2 unspecified atom stereocenters. The largest absolute Gasteiger partial charge is 0.298 e. The van der Waals surface area contributed by atoms with Crippen LogP contribution in [0.2, 0.25) is 0 Å². The standard InChI is InChI=1S/C17H24O2P2/c1-15(2,3)14(19)20-13-11-9-7-8-10(12(13)18)21(20)17(9,11)16(4,5)6/h7-11,13H,1-6H3/t9-,10+,11-,13-,17-,20?,21?/m0/s1. The van der Waals surface area contributed by atoms with Crippen molar-refractivity contribution in [1.29, 1.82) is 0 Å². The zero-order valence-electron chi connectivity index (χ0n) is 13.7. The van der Waals surface area contributed by atoms with Gasteiger partial charge in [-0.05, 0) is 17.3 Å². The Morgan fingerprint density at radius 3 is 2.29 bits per heavy atom. The van der Waals surface area contributed by atoms with Gasteiger partial charge in [-0.1, -0.05) is 61.3 Å². The quantitative estimate of drug-likeness (QED) is 0.530. The molecule has 3 fully saturated rings. The van der Waals surface area contributed by atoms with Gasteiger partial charge in [-0.3, -0.25) is 9.59 Å². The molecule has 4 rings (SSSR count). The van der Waals surface area contributed by atoms with Gasteiger partial charge in [0, 0.05) is 18.2 Å². The number of Topliss-reactive ketones (excluding diaryl/α,β-unsaturated/α-hetero) is 1. The fourth-order valence-electron chi connectivity index (χ4n) is 5.17. The zero-order chi connectivity index (χ0) is 15.5. The molecule has 0 N–H and O–H groups in total. The molecule has 3 aliphatic heterocycles. The maximum Gasteiger partial charge on any atom is 0.164 e. The van der Waals surface area contributed by atoms with E-state index in [1.807, 2.05) is 20.8 Å². The molecule has 0 amide bonds. The highest BCUT2D eigenvalue weighted by Gasteiger charge is 2.88. The molecule has 4 heteroatoms. The molecule has 0 aromatic heterocycles. The first-order valence-electron chi connectivity index (χ1n) is 7.89. The first-order valence-corrected chi connectivity index (χ1v) is 11.4. The molecule has 21 heavy (non-hydrogen) atoms. The lowest BCUT2D eigenvalue weighted by Gasteiger charge is -2.42. The van der Waals surface area contributed by atoms with Crippen LogP contribution in [0.5, 0.6) is 0 Å². The molecule has 0 radical (unpaired) electrons. The predicted molar refractivity (Wildman–Crippen MR) is 89.2 cm³/mol. The van der Waals surface area contributed by atoms with Crippen molar-refractivity contribution in [2.45, 2.75) is 58.0 Å². The molecule has 0 aromatic rings. The van der Waals surface area contributed by atoms with Crippen LogP contribution in [0.4, 0.5) is 0 Å². The van der Waals surface area contributed by atoms with E-state index in [0.29, 0.717) is 28.3 Å². The van der Waals surface area contributed by atoms with E-state index >= 15 is 0 Å². The molecule has 1 saturated carbocycles. The van der Waals surface area contributed by atoms with Crippen LogP contribution in [0.3, 0.4) is 0 Å². The third-order valence-electron chi connectivity index (χ3n) is 5.91. The highest BCUT2D eigenvalue weighted by molar-refractivity contribution is 8.40. The lowest BCUT2D eigenvalue weighted by molar-refractivity contribution is -0.120. The lowest BCUT2D eigenvalue weighted by atomic mass is 9.85. The average Bonchev–Trinajstić information content (AvgIpc) is 2.84. The second-order valence-corrected chi connectivity index (χ2v) is 15.3. The van der Waals surface area contributed by atoms with Crippen molar-refractivity contribution >= 4 is 26.5 Å². The van der Waals surface area contributed by atoms with Crippen LogP contribution >= 0.6 is 15.2 Å². The summed E-state index contributed by atoms with van der Waals surface area (Å²) >= 11 is 0. The summed E-state index contributed by atoms with van der Waals surface area (Å²) in [7, 11) is -1.21. The molecule has 0 spiro atoms. The normalized spacial score (nSPS) is 49.7. The molecule has 2 nitrogen and oxygen atoms in total. The fraction of sp³-hybridized carbons (Fsp3) is 0.765. The predicted octanol–water partition coefficient (Wildman–Crippen LogP) is 4.37. The Balaban J connectivity index is 1.85. The van der Waals surface area contributed by atoms with Crippen molar-refractivity contribution in [1.82, 2.24) is 0 Å². The number of ketones is 1. The number of hydrogen-bond acceptors (Lipinski definition) is 2. The molecule has 0 aromatic carbocycles. The van der Waals surface area contributed by atoms with E-state index in [1.165, 1.54) is 0 Å². The summed E-state index contributed by atoms with van der Waals surface area (Å²) in [6.07, 6.45) is 4.51. The number of hydrogen-bond donors (Lipinski definition) is 0. The summed E-state index contributed by atoms with van der Waals surface area (Å²) in [6, 6.07) is 0. The highest BCUT2D eigenvalue weighted by Crippen LogP contribution is 3.04. The van der Waals surface area contributed by atoms with Crippen molar-refractivity contribution in [3.63, 3.8) is 0 Å². The Bertz CT molecular complexity index is 595. The van der Waals surface area contributed by atoms with Gasteiger partial charge >= 0.3 is 0 Å². The van der Waals surface area contributed by atoms with E-state index in [1.54, 1.807) is 0 Å². The van der Waals surface area contributed by atoms with Gasteiger partial charge in [-0.15, -0.1) is 0 Å². The summed E-state index contributed by atoms with van der Waals surface area (Å²) in [4.78, 5) is 25.9. The van der Waals surface area contributed by atoms with E-state index < -0.39 is 15.2 Å². The summed E-state index contributed by atoms with van der Waals surface area (Å²) in [6.45, 7) is 13.1. The minimum absolute atomic E-state index is 0.0991. The molecule has 114 valence electrons. The van der Waals surface area contributed by atoms with Gasteiger partial charge in [-0.2, -0.15) is 0 Å². The van der Waals surface area contributed by atoms with Crippen LogP contribution in [0.1, 0.15) is 41.5 Å². The maximum atomic E-state index is 13.1. The van der Waals surface area contributed by atoms with E-state index in [9.17, 15) is 9.59 Å². The molecular formula is C17H24O2P2. The SMILES string of the molecule is CC(C)(C)C(=O)P1[C@@H]2C(=O)[C@H]3C=C[C@H]4[C@@H]2[C@@]4(C(C)(C)C)P31. The summed E-state index contributed by atoms with van der Waals surface area (Å²) in [5, 5.41) is 0.299. The Hall–Kier alpha value is -0.0600.